The molecule has 0 saturated heterocycles. The van der Waals surface area contributed by atoms with E-state index in [2.05, 4.69) is 28.6 Å². The quantitative estimate of drug-likeness (QED) is 0.753. The number of carbonyl (C=O) groups is 1. The molecule has 0 fully saturated rings. The highest BCUT2D eigenvalue weighted by Crippen LogP contribution is 2.16. The van der Waals surface area contributed by atoms with Crippen molar-refractivity contribution in [1.29, 1.82) is 0 Å². The largest absolute Gasteiger partial charge is 0.385 e. The maximum atomic E-state index is 11.8. The first-order valence-corrected chi connectivity index (χ1v) is 7.86. The third kappa shape index (κ3) is 3.25. The van der Waals surface area contributed by atoms with E-state index >= 15 is 0 Å². The first-order chi connectivity index (χ1) is 10.8. The highest BCUT2D eigenvalue weighted by Gasteiger charge is 2.08. The van der Waals surface area contributed by atoms with Crippen LogP contribution in [0.15, 0.2) is 36.4 Å². The van der Waals surface area contributed by atoms with Crippen LogP contribution in [0.4, 0.5) is 0 Å². The van der Waals surface area contributed by atoms with Crippen molar-refractivity contribution in [1.82, 2.24) is 20.5 Å². The lowest BCUT2D eigenvalue weighted by Gasteiger charge is -2.06. The van der Waals surface area contributed by atoms with Crippen LogP contribution in [-0.4, -0.2) is 27.7 Å². The van der Waals surface area contributed by atoms with Crippen molar-refractivity contribution in [3.63, 3.8) is 0 Å². The van der Waals surface area contributed by atoms with Gasteiger partial charge < -0.3 is 10.2 Å². The number of rotatable bonds is 6. The minimum Gasteiger partial charge on any atom is -0.385 e. The molecule has 0 bridgehead atoms. The van der Waals surface area contributed by atoms with Crippen molar-refractivity contribution in [3.8, 4) is 0 Å². The average molecular weight is 316 g/mol. The third-order valence-corrected chi connectivity index (χ3v) is 4.39. The van der Waals surface area contributed by atoms with Gasteiger partial charge in [-0.15, -0.1) is 16.4 Å². The van der Waals surface area contributed by atoms with E-state index in [0.717, 1.165) is 22.3 Å². The zero-order valence-electron chi connectivity index (χ0n) is 12.2. The fourth-order valence-corrected chi connectivity index (χ4v) is 2.90. The molecule has 0 unspecified atom stereocenters. The van der Waals surface area contributed by atoms with E-state index in [-0.39, 0.29) is 12.5 Å². The summed E-state index contributed by atoms with van der Waals surface area (Å²) in [7, 11) is 0. The molecule has 1 amide bonds. The normalized spacial score (nSPS) is 10.8. The van der Waals surface area contributed by atoms with Gasteiger partial charge in [-0.2, -0.15) is 0 Å². The molecule has 1 aromatic carbocycles. The Morgan fingerprint density at radius 3 is 2.91 bits per heavy atom. The molecule has 0 aliphatic carbocycles. The minimum atomic E-state index is -0.189. The van der Waals surface area contributed by atoms with Crippen LogP contribution in [0.5, 0.6) is 0 Å². The van der Waals surface area contributed by atoms with Gasteiger partial charge in [0, 0.05) is 9.75 Å². The Balaban J connectivity index is 1.52. The van der Waals surface area contributed by atoms with Crippen LogP contribution in [0.3, 0.4) is 0 Å². The molecule has 0 aliphatic heterocycles. The molecule has 6 nitrogen and oxygen atoms in total. The first kappa shape index (κ1) is 14.5. The van der Waals surface area contributed by atoms with E-state index in [9.17, 15) is 4.79 Å². The molecule has 0 atom stereocenters. The Labute approximate surface area is 131 Å². The zero-order chi connectivity index (χ0) is 15.4. The molecule has 0 saturated carbocycles. The number of hydrogen-bond donors (Lipinski definition) is 1. The predicted molar refractivity (Wildman–Crippen MR) is 84.5 cm³/mol. The van der Waals surface area contributed by atoms with Gasteiger partial charge in [-0.05, 0) is 35.9 Å². The lowest BCUT2D eigenvalue weighted by molar-refractivity contribution is -0.126. The summed E-state index contributed by atoms with van der Waals surface area (Å²) < 4.78 is 0. The van der Waals surface area contributed by atoms with Crippen molar-refractivity contribution in [2.45, 2.75) is 19.9 Å². The standard InChI is InChI=1S/C15H16N4O2S/c1-2-11-7-8-12(22-11)9-16-15(20)10-21-19-14-6-4-3-5-13(14)17-18-19/h3-8H,2,9-10H2,1H3,(H,16,20). The average Bonchev–Trinajstić information content (AvgIpc) is 3.17. The fourth-order valence-electron chi connectivity index (χ4n) is 2.01. The lowest BCUT2D eigenvalue weighted by atomic mass is 10.3. The topological polar surface area (TPSA) is 69.0 Å². The number of thiophene rings is 1. The Morgan fingerprint density at radius 1 is 1.27 bits per heavy atom. The number of para-hydroxylation sites is 1. The van der Waals surface area contributed by atoms with Gasteiger partial charge in [-0.25, -0.2) is 0 Å². The number of aromatic nitrogens is 3. The molecule has 3 rings (SSSR count). The fraction of sp³-hybridized carbons (Fsp3) is 0.267. The van der Waals surface area contributed by atoms with Gasteiger partial charge in [-0.1, -0.05) is 23.9 Å². The number of aryl methyl sites for hydroxylation is 1. The maximum absolute atomic E-state index is 11.8. The van der Waals surface area contributed by atoms with Crippen molar-refractivity contribution in [2.75, 3.05) is 6.61 Å². The van der Waals surface area contributed by atoms with Crippen molar-refractivity contribution < 1.29 is 9.63 Å². The van der Waals surface area contributed by atoms with Crippen LogP contribution < -0.4 is 10.2 Å². The summed E-state index contributed by atoms with van der Waals surface area (Å²) in [5.74, 6) is -0.189. The van der Waals surface area contributed by atoms with Gasteiger partial charge in [0.25, 0.3) is 5.91 Å². The van der Waals surface area contributed by atoms with Gasteiger partial charge in [0.05, 0.1) is 6.54 Å². The number of carbonyl (C=O) groups excluding carboxylic acids is 1. The number of fused-ring (bicyclic) bond motifs is 1. The predicted octanol–water partition coefficient (Wildman–Crippen LogP) is 1.80. The summed E-state index contributed by atoms with van der Waals surface area (Å²) in [4.78, 5) is 20.9. The second-order valence-corrected chi connectivity index (χ2v) is 5.98. The van der Waals surface area contributed by atoms with Crippen LogP contribution >= 0.6 is 11.3 Å². The molecule has 0 radical (unpaired) electrons. The third-order valence-electron chi connectivity index (χ3n) is 3.16. The number of nitrogens with one attached hydrogen (secondary N) is 1. The number of nitrogens with zero attached hydrogens (tertiary/aromatic N) is 3. The van der Waals surface area contributed by atoms with E-state index in [4.69, 9.17) is 4.84 Å². The number of hydrogen-bond acceptors (Lipinski definition) is 5. The molecule has 0 spiro atoms. The molecule has 3 aromatic rings. The molecular formula is C15H16N4O2S. The van der Waals surface area contributed by atoms with Gasteiger partial charge in [0.2, 0.25) is 0 Å². The highest BCUT2D eigenvalue weighted by atomic mass is 32.1. The number of benzene rings is 1. The molecule has 2 heterocycles. The monoisotopic (exact) mass is 316 g/mol. The second-order valence-electron chi connectivity index (χ2n) is 4.72. The summed E-state index contributed by atoms with van der Waals surface area (Å²) >= 11 is 1.71. The van der Waals surface area contributed by atoms with Gasteiger partial charge in [0.15, 0.2) is 6.61 Å². The summed E-state index contributed by atoms with van der Waals surface area (Å²) in [6, 6.07) is 11.5. The minimum absolute atomic E-state index is 0.0979. The lowest BCUT2D eigenvalue weighted by Crippen LogP contribution is -2.31. The van der Waals surface area contributed by atoms with Crippen LogP contribution in [-0.2, 0) is 17.8 Å². The Hall–Kier alpha value is -2.41. The molecule has 2 aromatic heterocycles. The summed E-state index contributed by atoms with van der Waals surface area (Å²) in [6.07, 6.45) is 1.01. The summed E-state index contributed by atoms with van der Waals surface area (Å²) in [5, 5.41) is 10.7. The molecule has 22 heavy (non-hydrogen) atoms. The van der Waals surface area contributed by atoms with Crippen molar-refractivity contribution in [2.24, 2.45) is 0 Å². The molecule has 0 aliphatic rings. The SMILES string of the molecule is CCc1ccc(CNC(=O)COn2nnc3ccccc32)s1. The van der Waals surface area contributed by atoms with Gasteiger partial charge in [-0.3, -0.25) is 4.79 Å². The molecule has 114 valence electrons. The Bertz CT molecular complexity index is 781. The smallest absolute Gasteiger partial charge is 0.261 e. The Morgan fingerprint density at radius 2 is 2.09 bits per heavy atom. The molecule has 7 heteroatoms. The molecule has 1 N–H and O–H groups in total. The van der Waals surface area contributed by atoms with E-state index in [1.165, 1.54) is 9.72 Å². The van der Waals surface area contributed by atoms with Crippen LogP contribution in [0.2, 0.25) is 0 Å². The van der Waals surface area contributed by atoms with Crippen molar-refractivity contribution in [3.05, 3.63) is 46.2 Å². The summed E-state index contributed by atoms with van der Waals surface area (Å²) in [6.45, 7) is 2.54. The van der Waals surface area contributed by atoms with E-state index in [1.54, 1.807) is 11.3 Å². The van der Waals surface area contributed by atoms with Gasteiger partial charge >= 0.3 is 0 Å². The van der Waals surface area contributed by atoms with Crippen LogP contribution in [0.1, 0.15) is 16.7 Å². The zero-order valence-corrected chi connectivity index (χ0v) is 13.0. The van der Waals surface area contributed by atoms with E-state index in [0.29, 0.717) is 6.54 Å². The Kier molecular flexibility index (Phi) is 4.34. The van der Waals surface area contributed by atoms with Crippen molar-refractivity contribution >= 4 is 28.3 Å². The van der Waals surface area contributed by atoms with E-state index < -0.39 is 0 Å². The van der Waals surface area contributed by atoms with E-state index in [1.807, 2.05) is 30.3 Å². The maximum Gasteiger partial charge on any atom is 0.261 e. The second kappa shape index (κ2) is 6.57. The highest BCUT2D eigenvalue weighted by molar-refractivity contribution is 7.11. The first-order valence-electron chi connectivity index (χ1n) is 7.04. The summed E-state index contributed by atoms with van der Waals surface area (Å²) in [5.41, 5.74) is 1.47. The number of amides is 1. The molecular weight excluding hydrogens is 300 g/mol. The van der Waals surface area contributed by atoms with Crippen LogP contribution in [0, 0.1) is 0 Å². The van der Waals surface area contributed by atoms with Gasteiger partial charge in [0.1, 0.15) is 11.0 Å². The van der Waals surface area contributed by atoms with Crippen LogP contribution in [0.25, 0.3) is 11.0 Å².